The predicted molar refractivity (Wildman–Crippen MR) is 73.8 cm³/mol. The average molecular weight is 250 g/mol. The van der Waals surface area contributed by atoms with E-state index < -0.39 is 0 Å². The molecule has 3 aromatic rings. The summed E-state index contributed by atoms with van der Waals surface area (Å²) < 4.78 is 0. The number of nitro benzene ring substituents is 1. The lowest BCUT2D eigenvalue weighted by Gasteiger charge is -2.03. The number of benzene rings is 2. The molecule has 0 bridgehead atoms. The molecule has 2 aromatic carbocycles. The second kappa shape index (κ2) is 4.49. The Labute approximate surface area is 109 Å². The Morgan fingerprint density at radius 3 is 2.47 bits per heavy atom. The van der Waals surface area contributed by atoms with Gasteiger partial charge in [0.2, 0.25) is 0 Å². The zero-order valence-electron chi connectivity index (χ0n) is 9.98. The number of aromatic nitrogens is 1. The number of nitrogens with zero attached hydrogens (tertiary/aromatic N) is 2. The molecule has 4 heteroatoms. The van der Waals surface area contributed by atoms with E-state index in [0.717, 1.165) is 22.0 Å². The number of non-ortho nitro benzene ring substituents is 1. The maximum atomic E-state index is 10.8. The summed E-state index contributed by atoms with van der Waals surface area (Å²) in [6, 6.07) is 16.4. The van der Waals surface area contributed by atoms with E-state index in [1.807, 2.05) is 36.4 Å². The van der Waals surface area contributed by atoms with Crippen molar-refractivity contribution >= 4 is 16.5 Å². The molecular formula is C15H10N2O2. The Morgan fingerprint density at radius 2 is 1.74 bits per heavy atom. The lowest BCUT2D eigenvalue weighted by molar-refractivity contribution is -0.384. The highest BCUT2D eigenvalue weighted by Crippen LogP contribution is 2.24. The summed E-state index contributed by atoms with van der Waals surface area (Å²) in [6.45, 7) is 0. The molecule has 0 aliphatic heterocycles. The fourth-order valence-corrected chi connectivity index (χ4v) is 2.01. The van der Waals surface area contributed by atoms with Crippen molar-refractivity contribution < 1.29 is 4.92 Å². The van der Waals surface area contributed by atoms with Crippen molar-refractivity contribution in [3.8, 4) is 11.3 Å². The van der Waals surface area contributed by atoms with Gasteiger partial charge in [-0.25, -0.2) is 0 Å². The maximum absolute atomic E-state index is 10.8. The van der Waals surface area contributed by atoms with Crippen molar-refractivity contribution in [3.63, 3.8) is 0 Å². The van der Waals surface area contributed by atoms with Crippen LogP contribution in [0.1, 0.15) is 0 Å². The van der Waals surface area contributed by atoms with Crippen LogP contribution < -0.4 is 0 Å². The largest absolute Gasteiger partial charge is 0.270 e. The Morgan fingerprint density at radius 1 is 0.947 bits per heavy atom. The van der Waals surface area contributed by atoms with Crippen molar-refractivity contribution in [1.82, 2.24) is 4.98 Å². The third kappa shape index (κ3) is 2.15. The Bertz CT molecular complexity index is 754. The highest BCUT2D eigenvalue weighted by molar-refractivity contribution is 5.87. The van der Waals surface area contributed by atoms with Gasteiger partial charge in [0.1, 0.15) is 0 Å². The fraction of sp³-hybridized carbons (Fsp3) is 0. The van der Waals surface area contributed by atoms with E-state index in [1.54, 1.807) is 18.3 Å². The van der Waals surface area contributed by atoms with E-state index in [-0.39, 0.29) is 10.6 Å². The maximum Gasteiger partial charge on any atom is 0.270 e. The average Bonchev–Trinajstić information content (AvgIpc) is 2.47. The van der Waals surface area contributed by atoms with Crippen molar-refractivity contribution in [2.75, 3.05) is 0 Å². The molecule has 1 heterocycles. The van der Waals surface area contributed by atoms with Gasteiger partial charge in [-0.05, 0) is 17.5 Å². The number of fused-ring (bicyclic) bond motifs is 1. The lowest BCUT2D eigenvalue weighted by Crippen LogP contribution is -1.88. The first-order valence-corrected chi connectivity index (χ1v) is 5.84. The van der Waals surface area contributed by atoms with Crippen LogP contribution in [0, 0.1) is 10.1 Å². The molecule has 0 atom stereocenters. The third-order valence-electron chi connectivity index (χ3n) is 2.99. The number of hydrogen-bond acceptors (Lipinski definition) is 3. The smallest absolute Gasteiger partial charge is 0.258 e. The normalized spacial score (nSPS) is 10.5. The zero-order valence-corrected chi connectivity index (χ0v) is 9.98. The molecule has 0 amide bonds. The standard InChI is InChI=1S/C15H10N2O2/c18-17(19)14-7-6-12-10-16-15(9-13(12)8-14)11-4-2-1-3-5-11/h1-10H. The quantitative estimate of drug-likeness (QED) is 0.513. The molecule has 0 unspecified atom stereocenters. The van der Waals surface area contributed by atoms with E-state index in [1.165, 1.54) is 6.07 Å². The van der Waals surface area contributed by atoms with Crippen molar-refractivity contribution in [2.45, 2.75) is 0 Å². The van der Waals surface area contributed by atoms with Gasteiger partial charge in [-0.2, -0.15) is 0 Å². The Balaban J connectivity index is 2.16. The predicted octanol–water partition coefficient (Wildman–Crippen LogP) is 3.81. The van der Waals surface area contributed by atoms with E-state index in [2.05, 4.69) is 4.98 Å². The van der Waals surface area contributed by atoms with Gasteiger partial charge in [0.05, 0.1) is 10.6 Å². The number of rotatable bonds is 2. The summed E-state index contributed by atoms with van der Waals surface area (Å²) in [7, 11) is 0. The molecule has 3 rings (SSSR count). The Hall–Kier alpha value is -2.75. The molecule has 0 N–H and O–H groups in total. The number of nitro groups is 1. The van der Waals surface area contributed by atoms with Gasteiger partial charge in [0.25, 0.3) is 5.69 Å². The minimum Gasteiger partial charge on any atom is -0.258 e. The molecular weight excluding hydrogens is 240 g/mol. The van der Waals surface area contributed by atoms with Gasteiger partial charge in [-0.1, -0.05) is 30.3 Å². The fourth-order valence-electron chi connectivity index (χ4n) is 2.01. The van der Waals surface area contributed by atoms with Crippen LogP contribution >= 0.6 is 0 Å². The molecule has 0 fully saturated rings. The summed E-state index contributed by atoms with van der Waals surface area (Å²) in [4.78, 5) is 14.8. The zero-order chi connectivity index (χ0) is 13.2. The summed E-state index contributed by atoms with van der Waals surface area (Å²) in [5.74, 6) is 0. The number of pyridine rings is 1. The van der Waals surface area contributed by atoms with Gasteiger partial charge < -0.3 is 0 Å². The van der Waals surface area contributed by atoms with Crippen LogP contribution in [-0.2, 0) is 0 Å². The SMILES string of the molecule is O=[N+]([O-])c1ccc2cnc(-c3ccccc3)cc2c1. The highest BCUT2D eigenvalue weighted by Gasteiger charge is 2.07. The number of hydrogen-bond donors (Lipinski definition) is 0. The minimum atomic E-state index is -0.387. The lowest BCUT2D eigenvalue weighted by atomic mass is 10.1. The van der Waals surface area contributed by atoms with Gasteiger partial charge in [-0.15, -0.1) is 0 Å². The second-order valence-corrected chi connectivity index (χ2v) is 4.22. The first-order valence-electron chi connectivity index (χ1n) is 5.84. The van der Waals surface area contributed by atoms with E-state index in [9.17, 15) is 10.1 Å². The summed E-state index contributed by atoms with van der Waals surface area (Å²) in [6.07, 6.45) is 1.74. The van der Waals surface area contributed by atoms with Gasteiger partial charge in [0, 0.05) is 29.3 Å². The summed E-state index contributed by atoms with van der Waals surface area (Å²) in [5.41, 5.74) is 1.90. The molecule has 0 radical (unpaired) electrons. The van der Waals surface area contributed by atoms with E-state index in [4.69, 9.17) is 0 Å². The van der Waals surface area contributed by atoms with Crippen LogP contribution in [0.2, 0.25) is 0 Å². The van der Waals surface area contributed by atoms with Crippen LogP contribution in [0.25, 0.3) is 22.0 Å². The molecule has 0 spiro atoms. The first-order chi connectivity index (χ1) is 9.24. The summed E-state index contributed by atoms with van der Waals surface area (Å²) in [5, 5.41) is 12.5. The van der Waals surface area contributed by atoms with Crippen LogP contribution in [-0.4, -0.2) is 9.91 Å². The minimum absolute atomic E-state index is 0.0951. The van der Waals surface area contributed by atoms with Gasteiger partial charge >= 0.3 is 0 Å². The van der Waals surface area contributed by atoms with Crippen molar-refractivity contribution in [1.29, 1.82) is 0 Å². The van der Waals surface area contributed by atoms with Gasteiger partial charge in [-0.3, -0.25) is 15.1 Å². The molecule has 4 nitrogen and oxygen atoms in total. The van der Waals surface area contributed by atoms with Crippen LogP contribution in [0.15, 0.2) is 60.8 Å². The topological polar surface area (TPSA) is 56.0 Å². The Kier molecular flexibility index (Phi) is 2.68. The third-order valence-corrected chi connectivity index (χ3v) is 2.99. The van der Waals surface area contributed by atoms with Crippen LogP contribution in [0.3, 0.4) is 0 Å². The first kappa shape index (κ1) is 11.3. The van der Waals surface area contributed by atoms with Crippen molar-refractivity contribution in [3.05, 3.63) is 70.9 Å². The van der Waals surface area contributed by atoms with Crippen LogP contribution in [0.4, 0.5) is 5.69 Å². The molecule has 0 saturated heterocycles. The van der Waals surface area contributed by atoms with Crippen molar-refractivity contribution in [2.24, 2.45) is 0 Å². The highest BCUT2D eigenvalue weighted by atomic mass is 16.6. The monoisotopic (exact) mass is 250 g/mol. The molecule has 1 aromatic heterocycles. The van der Waals surface area contributed by atoms with Crippen LogP contribution in [0.5, 0.6) is 0 Å². The van der Waals surface area contributed by atoms with E-state index >= 15 is 0 Å². The molecule has 0 saturated carbocycles. The second-order valence-electron chi connectivity index (χ2n) is 4.22. The van der Waals surface area contributed by atoms with E-state index in [0.29, 0.717) is 0 Å². The molecule has 0 aliphatic rings. The van der Waals surface area contributed by atoms with Gasteiger partial charge in [0.15, 0.2) is 0 Å². The molecule has 0 aliphatic carbocycles. The molecule has 92 valence electrons. The summed E-state index contributed by atoms with van der Waals surface area (Å²) >= 11 is 0. The molecule has 19 heavy (non-hydrogen) atoms.